The Kier molecular flexibility index (Phi) is 4.92. The van der Waals surface area contributed by atoms with Gasteiger partial charge in [-0.1, -0.05) is 36.4 Å². The number of carbonyl (C=O) groups excluding carboxylic acids is 2. The van der Waals surface area contributed by atoms with Gasteiger partial charge in [0.2, 0.25) is 5.91 Å². The highest BCUT2D eigenvalue weighted by atomic mass is 16.2. The number of rotatable bonds is 6. The van der Waals surface area contributed by atoms with Crippen molar-refractivity contribution in [3.05, 3.63) is 71.9 Å². The van der Waals surface area contributed by atoms with Crippen molar-refractivity contribution in [1.29, 1.82) is 0 Å². The third-order valence-electron chi connectivity index (χ3n) is 5.10. The van der Waals surface area contributed by atoms with Crippen molar-refractivity contribution in [1.82, 2.24) is 15.2 Å². The van der Waals surface area contributed by atoms with Gasteiger partial charge >= 0.3 is 0 Å². The Balaban J connectivity index is 1.30. The van der Waals surface area contributed by atoms with E-state index in [4.69, 9.17) is 0 Å². The number of hydrogen-bond donors (Lipinski definition) is 2. The topological polar surface area (TPSA) is 65.2 Å². The summed E-state index contributed by atoms with van der Waals surface area (Å²) < 4.78 is 0. The number of nitrogens with one attached hydrogen (secondary N) is 2. The highest BCUT2D eigenvalue weighted by Gasteiger charge is 2.30. The van der Waals surface area contributed by atoms with Gasteiger partial charge in [0.25, 0.3) is 5.91 Å². The molecule has 5 heteroatoms. The molecule has 0 spiro atoms. The first-order valence-electron chi connectivity index (χ1n) is 9.39. The smallest absolute Gasteiger partial charge is 0.251 e. The third kappa shape index (κ3) is 4.03. The Morgan fingerprint density at radius 2 is 2.00 bits per heavy atom. The number of aromatic amines is 1. The summed E-state index contributed by atoms with van der Waals surface area (Å²) >= 11 is 0. The van der Waals surface area contributed by atoms with Crippen LogP contribution in [-0.2, 0) is 11.2 Å². The van der Waals surface area contributed by atoms with Crippen molar-refractivity contribution >= 4 is 22.7 Å². The van der Waals surface area contributed by atoms with Crippen LogP contribution < -0.4 is 5.32 Å². The molecule has 138 valence electrons. The molecule has 1 atom stereocenters. The normalized spacial score (nSPS) is 16.8. The van der Waals surface area contributed by atoms with Crippen LogP contribution >= 0.6 is 0 Å². The summed E-state index contributed by atoms with van der Waals surface area (Å²) in [7, 11) is 0. The highest BCUT2D eigenvalue weighted by molar-refractivity contribution is 5.98. The van der Waals surface area contributed by atoms with E-state index in [0.717, 1.165) is 30.3 Å². The van der Waals surface area contributed by atoms with Crippen molar-refractivity contribution in [3.8, 4) is 0 Å². The van der Waals surface area contributed by atoms with Crippen molar-refractivity contribution in [2.75, 3.05) is 13.1 Å². The predicted molar refractivity (Wildman–Crippen MR) is 106 cm³/mol. The zero-order valence-corrected chi connectivity index (χ0v) is 15.2. The second-order valence-corrected chi connectivity index (χ2v) is 7.08. The van der Waals surface area contributed by atoms with Crippen molar-refractivity contribution < 1.29 is 9.59 Å². The van der Waals surface area contributed by atoms with Gasteiger partial charge in [-0.2, -0.15) is 0 Å². The molecular formula is C22H23N3O2. The van der Waals surface area contributed by atoms with Crippen molar-refractivity contribution in [3.63, 3.8) is 0 Å². The minimum absolute atomic E-state index is 0.119. The molecule has 2 N–H and O–H groups in total. The molecule has 27 heavy (non-hydrogen) atoms. The summed E-state index contributed by atoms with van der Waals surface area (Å²) in [6.07, 6.45) is 4.12. The van der Waals surface area contributed by atoms with Crippen LogP contribution in [0.3, 0.4) is 0 Å². The number of aromatic nitrogens is 1. The lowest BCUT2D eigenvalue weighted by Gasteiger charge is -2.17. The van der Waals surface area contributed by atoms with Crippen LogP contribution in [0.2, 0.25) is 0 Å². The summed E-state index contributed by atoms with van der Waals surface area (Å²) in [4.78, 5) is 29.8. The van der Waals surface area contributed by atoms with Gasteiger partial charge in [0.1, 0.15) is 0 Å². The number of nitrogens with zero attached hydrogens (tertiary/aromatic N) is 1. The summed E-state index contributed by atoms with van der Waals surface area (Å²) in [5.74, 6) is -0.0105. The first-order chi connectivity index (χ1) is 13.2. The van der Waals surface area contributed by atoms with Crippen LogP contribution in [-0.4, -0.2) is 40.8 Å². The first kappa shape index (κ1) is 17.3. The van der Waals surface area contributed by atoms with E-state index < -0.39 is 0 Å². The average Bonchev–Trinajstić information content (AvgIpc) is 3.28. The maximum Gasteiger partial charge on any atom is 0.251 e. The molecule has 5 nitrogen and oxygen atoms in total. The second kappa shape index (κ2) is 7.66. The molecule has 3 aromatic rings. The highest BCUT2D eigenvalue weighted by Crippen LogP contribution is 2.16. The maximum atomic E-state index is 12.5. The van der Waals surface area contributed by atoms with Crippen LogP contribution in [0.25, 0.3) is 10.9 Å². The fourth-order valence-corrected chi connectivity index (χ4v) is 3.66. The molecule has 0 saturated carbocycles. The molecule has 1 aromatic heterocycles. The lowest BCUT2D eigenvalue weighted by atomic mass is 10.1. The average molecular weight is 361 g/mol. The van der Waals surface area contributed by atoms with Crippen LogP contribution in [0.4, 0.5) is 0 Å². The Labute approximate surface area is 158 Å². The molecule has 1 saturated heterocycles. The summed E-state index contributed by atoms with van der Waals surface area (Å²) in [6.45, 7) is 1.32. The quantitative estimate of drug-likeness (QED) is 0.708. The minimum Gasteiger partial charge on any atom is -0.361 e. The van der Waals surface area contributed by atoms with Crippen molar-refractivity contribution in [2.24, 2.45) is 0 Å². The number of hydrogen-bond acceptors (Lipinski definition) is 2. The molecule has 1 unspecified atom stereocenters. The molecule has 0 bridgehead atoms. The predicted octanol–water partition coefficient (Wildman–Crippen LogP) is 3.13. The van der Waals surface area contributed by atoms with Gasteiger partial charge in [-0.25, -0.2) is 0 Å². The van der Waals surface area contributed by atoms with E-state index in [0.29, 0.717) is 18.5 Å². The summed E-state index contributed by atoms with van der Waals surface area (Å²) in [6, 6.07) is 17.7. The van der Waals surface area contributed by atoms with E-state index >= 15 is 0 Å². The van der Waals surface area contributed by atoms with E-state index in [1.165, 1.54) is 5.56 Å². The zero-order chi connectivity index (χ0) is 18.6. The van der Waals surface area contributed by atoms with Crippen LogP contribution in [0.15, 0.2) is 60.8 Å². The van der Waals surface area contributed by atoms with Crippen LogP contribution in [0.1, 0.15) is 28.8 Å². The molecule has 2 amide bonds. The van der Waals surface area contributed by atoms with Crippen LogP contribution in [0.5, 0.6) is 0 Å². The second-order valence-electron chi connectivity index (χ2n) is 7.08. The number of carbonyl (C=O) groups is 2. The van der Waals surface area contributed by atoms with E-state index in [-0.39, 0.29) is 17.9 Å². The number of likely N-dealkylation sites (tertiary alicyclic amines) is 1. The minimum atomic E-state index is -0.129. The Morgan fingerprint density at radius 3 is 2.85 bits per heavy atom. The van der Waals surface area contributed by atoms with Gasteiger partial charge in [-0.15, -0.1) is 0 Å². The maximum absolute atomic E-state index is 12.5. The lowest BCUT2D eigenvalue weighted by Crippen LogP contribution is -2.37. The monoisotopic (exact) mass is 361 g/mol. The molecule has 2 heterocycles. The molecule has 0 aliphatic carbocycles. The van der Waals surface area contributed by atoms with Gasteiger partial charge in [-0.3, -0.25) is 9.59 Å². The van der Waals surface area contributed by atoms with E-state index in [2.05, 4.69) is 22.4 Å². The number of aryl methyl sites for hydroxylation is 1. The fraction of sp³-hybridized carbons (Fsp3) is 0.273. The van der Waals surface area contributed by atoms with E-state index in [9.17, 15) is 9.59 Å². The third-order valence-corrected chi connectivity index (χ3v) is 5.10. The Hall–Kier alpha value is -3.08. The zero-order valence-electron chi connectivity index (χ0n) is 15.2. The van der Waals surface area contributed by atoms with E-state index in [1.54, 1.807) is 0 Å². The molecule has 1 aliphatic rings. The number of amides is 2. The number of fused-ring (bicyclic) bond motifs is 1. The van der Waals surface area contributed by atoms with E-state index in [1.807, 2.05) is 53.6 Å². The molecular weight excluding hydrogens is 338 g/mol. The SMILES string of the molecule is O=C(NC1CC(=O)N(CCCc2ccccc2)C1)c1ccc2cc[nH]c2c1. The fourth-order valence-electron chi connectivity index (χ4n) is 3.66. The number of H-pyrrole nitrogens is 1. The summed E-state index contributed by atoms with van der Waals surface area (Å²) in [5.41, 5.74) is 2.83. The van der Waals surface area contributed by atoms with Crippen LogP contribution in [0, 0.1) is 0 Å². The number of benzene rings is 2. The molecule has 1 aliphatic heterocycles. The van der Waals surface area contributed by atoms with Gasteiger partial charge in [0, 0.05) is 36.8 Å². The largest absolute Gasteiger partial charge is 0.361 e. The molecule has 0 radical (unpaired) electrons. The van der Waals surface area contributed by atoms with Gasteiger partial charge in [0.15, 0.2) is 0 Å². The van der Waals surface area contributed by atoms with Gasteiger partial charge in [0.05, 0.1) is 6.04 Å². The molecule has 4 rings (SSSR count). The molecule has 2 aromatic carbocycles. The lowest BCUT2D eigenvalue weighted by molar-refractivity contribution is -0.127. The Bertz CT molecular complexity index is 948. The van der Waals surface area contributed by atoms with Crippen molar-refractivity contribution in [2.45, 2.75) is 25.3 Å². The molecule has 1 fully saturated rings. The van der Waals surface area contributed by atoms with Gasteiger partial charge < -0.3 is 15.2 Å². The first-order valence-corrected chi connectivity index (χ1v) is 9.39. The standard InChI is InChI=1S/C22H23N3O2/c26-21-14-19(15-25(21)12-4-7-16-5-2-1-3-6-16)24-22(27)18-9-8-17-10-11-23-20(17)13-18/h1-3,5-6,8-11,13,19,23H,4,7,12,14-15H2,(H,24,27). The van der Waals surface area contributed by atoms with Gasteiger partial charge in [-0.05, 0) is 42.0 Å². The summed E-state index contributed by atoms with van der Waals surface area (Å²) in [5, 5.41) is 4.08. The Morgan fingerprint density at radius 1 is 1.15 bits per heavy atom.